The number of thiophene rings is 1. The Morgan fingerprint density at radius 1 is 1.10 bits per heavy atom. The highest BCUT2D eigenvalue weighted by molar-refractivity contribution is 7.07. The molecule has 0 aliphatic rings. The normalized spacial score (nSPS) is 12.8. The predicted octanol–water partition coefficient (Wildman–Crippen LogP) is 5.36. The van der Waals surface area contributed by atoms with Crippen molar-refractivity contribution in [3.8, 4) is 0 Å². The molecule has 1 nitrogen and oxygen atoms in total. The molecular weight excluding hydrogens is 298 g/mol. The van der Waals surface area contributed by atoms with E-state index in [1.165, 1.54) is 17.5 Å². The maximum absolute atomic E-state index is 6.01. The molecule has 0 saturated carbocycles. The smallest absolute Gasteiger partial charge is 0.0406 e. The Morgan fingerprint density at radius 2 is 1.86 bits per heavy atom. The van der Waals surface area contributed by atoms with E-state index < -0.39 is 0 Å². The third-order valence-corrected chi connectivity index (χ3v) is 4.63. The fourth-order valence-corrected chi connectivity index (χ4v) is 3.27. The van der Waals surface area contributed by atoms with E-state index in [1.807, 2.05) is 12.1 Å². The Morgan fingerprint density at radius 3 is 2.48 bits per heavy atom. The summed E-state index contributed by atoms with van der Waals surface area (Å²) in [4.78, 5) is 0. The summed E-state index contributed by atoms with van der Waals surface area (Å²) in [5.41, 5.74) is 2.83. The van der Waals surface area contributed by atoms with Crippen LogP contribution in [0.2, 0.25) is 5.02 Å². The van der Waals surface area contributed by atoms with Crippen LogP contribution < -0.4 is 5.32 Å². The van der Waals surface area contributed by atoms with Crippen LogP contribution in [-0.4, -0.2) is 13.1 Å². The Kier molecular flexibility index (Phi) is 6.75. The third-order valence-electron chi connectivity index (χ3n) is 3.65. The van der Waals surface area contributed by atoms with Crippen LogP contribution in [0, 0.1) is 5.92 Å². The second-order valence-electron chi connectivity index (χ2n) is 5.97. The van der Waals surface area contributed by atoms with E-state index >= 15 is 0 Å². The lowest BCUT2D eigenvalue weighted by Gasteiger charge is -2.19. The van der Waals surface area contributed by atoms with Crippen LogP contribution in [0.1, 0.15) is 37.3 Å². The zero-order chi connectivity index (χ0) is 15.1. The lowest BCUT2D eigenvalue weighted by atomic mass is 9.92. The van der Waals surface area contributed by atoms with Crippen molar-refractivity contribution in [1.29, 1.82) is 0 Å². The number of benzene rings is 1. The maximum Gasteiger partial charge on any atom is 0.0406 e. The molecule has 114 valence electrons. The van der Waals surface area contributed by atoms with Gasteiger partial charge in [0.2, 0.25) is 0 Å². The molecule has 3 heteroatoms. The number of aryl methyl sites for hydroxylation is 1. The maximum atomic E-state index is 6.01. The summed E-state index contributed by atoms with van der Waals surface area (Å²) in [7, 11) is 0. The fourth-order valence-electron chi connectivity index (χ4n) is 2.44. The van der Waals surface area contributed by atoms with Gasteiger partial charge in [0, 0.05) is 11.6 Å². The van der Waals surface area contributed by atoms with E-state index in [-0.39, 0.29) is 0 Å². The zero-order valence-electron chi connectivity index (χ0n) is 12.8. The van der Waals surface area contributed by atoms with E-state index in [1.54, 1.807) is 11.3 Å². The summed E-state index contributed by atoms with van der Waals surface area (Å²) >= 11 is 7.78. The summed E-state index contributed by atoms with van der Waals surface area (Å²) in [6.07, 6.45) is 2.31. The first-order valence-electron chi connectivity index (χ1n) is 7.62. The second-order valence-corrected chi connectivity index (χ2v) is 7.19. The zero-order valence-corrected chi connectivity index (χ0v) is 14.4. The van der Waals surface area contributed by atoms with Crippen molar-refractivity contribution >= 4 is 22.9 Å². The van der Waals surface area contributed by atoms with Gasteiger partial charge >= 0.3 is 0 Å². The Hall–Kier alpha value is -0.830. The molecule has 0 saturated heterocycles. The van der Waals surface area contributed by atoms with Crippen LogP contribution in [0.3, 0.4) is 0 Å². The first-order valence-corrected chi connectivity index (χ1v) is 8.94. The Labute approximate surface area is 137 Å². The van der Waals surface area contributed by atoms with E-state index in [4.69, 9.17) is 11.6 Å². The van der Waals surface area contributed by atoms with Gasteiger partial charge in [-0.3, -0.25) is 0 Å². The molecule has 2 aromatic rings. The van der Waals surface area contributed by atoms with Crippen LogP contribution in [-0.2, 0) is 6.42 Å². The van der Waals surface area contributed by atoms with Gasteiger partial charge in [-0.15, -0.1) is 0 Å². The third kappa shape index (κ3) is 5.82. The van der Waals surface area contributed by atoms with Gasteiger partial charge in [-0.2, -0.15) is 11.3 Å². The van der Waals surface area contributed by atoms with Gasteiger partial charge in [-0.25, -0.2) is 0 Å². The highest BCUT2D eigenvalue weighted by Crippen LogP contribution is 2.23. The van der Waals surface area contributed by atoms with Crippen LogP contribution >= 0.6 is 22.9 Å². The summed E-state index contributed by atoms with van der Waals surface area (Å²) in [6.45, 7) is 6.60. The van der Waals surface area contributed by atoms with Gasteiger partial charge in [0.15, 0.2) is 0 Å². The Bertz CT molecular complexity index is 505. The molecule has 1 N–H and O–H groups in total. The van der Waals surface area contributed by atoms with E-state index in [0.29, 0.717) is 11.8 Å². The average molecular weight is 322 g/mol. The summed E-state index contributed by atoms with van der Waals surface area (Å²) in [6, 6.07) is 10.5. The van der Waals surface area contributed by atoms with Crippen molar-refractivity contribution in [2.45, 2.75) is 32.6 Å². The molecule has 0 bridgehead atoms. The molecule has 0 amide bonds. The minimum atomic E-state index is 0.543. The monoisotopic (exact) mass is 321 g/mol. The first-order chi connectivity index (χ1) is 10.1. The highest BCUT2D eigenvalue weighted by atomic mass is 35.5. The molecule has 1 aromatic heterocycles. The molecule has 1 unspecified atom stereocenters. The van der Waals surface area contributed by atoms with Gasteiger partial charge in [-0.1, -0.05) is 37.6 Å². The van der Waals surface area contributed by atoms with Gasteiger partial charge in [0.25, 0.3) is 0 Å². The molecule has 1 aromatic carbocycles. The molecule has 0 fully saturated rings. The van der Waals surface area contributed by atoms with Crippen molar-refractivity contribution in [1.82, 2.24) is 5.32 Å². The van der Waals surface area contributed by atoms with Gasteiger partial charge < -0.3 is 5.32 Å². The molecule has 21 heavy (non-hydrogen) atoms. The van der Waals surface area contributed by atoms with E-state index in [2.05, 4.69) is 48.1 Å². The molecule has 0 aliphatic carbocycles. The van der Waals surface area contributed by atoms with Crippen molar-refractivity contribution in [3.63, 3.8) is 0 Å². The first kappa shape index (κ1) is 16.5. The SMILES string of the molecule is CC(C)CNCC(CCc1ccsc1)c1ccc(Cl)cc1. The summed E-state index contributed by atoms with van der Waals surface area (Å²) in [5.74, 6) is 1.23. The average Bonchev–Trinajstić information content (AvgIpc) is 2.96. The molecular formula is C18H24ClNS. The molecule has 0 spiro atoms. The van der Waals surface area contributed by atoms with Crippen LogP contribution in [0.25, 0.3) is 0 Å². The van der Waals surface area contributed by atoms with Crippen LogP contribution in [0.5, 0.6) is 0 Å². The fraction of sp³-hybridized carbons (Fsp3) is 0.444. The number of halogens is 1. The number of nitrogens with one attached hydrogen (secondary N) is 1. The lowest BCUT2D eigenvalue weighted by molar-refractivity contribution is 0.500. The molecule has 1 atom stereocenters. The quantitative estimate of drug-likeness (QED) is 0.689. The second kappa shape index (κ2) is 8.57. The molecule has 1 heterocycles. The molecule has 0 radical (unpaired) electrons. The molecule has 2 rings (SSSR count). The number of hydrogen-bond donors (Lipinski definition) is 1. The Balaban J connectivity index is 1.97. The standard InChI is InChI=1S/C18H24ClNS/c1-14(2)11-20-12-17(4-3-15-9-10-21-13-15)16-5-7-18(19)8-6-16/h5-10,13-14,17,20H,3-4,11-12H2,1-2H3. The van der Waals surface area contributed by atoms with Crippen molar-refractivity contribution < 1.29 is 0 Å². The topological polar surface area (TPSA) is 12.0 Å². The summed E-state index contributed by atoms with van der Waals surface area (Å²) in [5, 5.41) is 8.82. The largest absolute Gasteiger partial charge is 0.316 e. The number of hydrogen-bond acceptors (Lipinski definition) is 2. The predicted molar refractivity (Wildman–Crippen MR) is 94.5 cm³/mol. The highest BCUT2D eigenvalue weighted by Gasteiger charge is 2.12. The van der Waals surface area contributed by atoms with Crippen molar-refractivity contribution in [2.24, 2.45) is 5.92 Å². The van der Waals surface area contributed by atoms with Crippen LogP contribution in [0.15, 0.2) is 41.1 Å². The van der Waals surface area contributed by atoms with Crippen molar-refractivity contribution in [3.05, 3.63) is 57.2 Å². The van der Waals surface area contributed by atoms with Crippen molar-refractivity contribution in [2.75, 3.05) is 13.1 Å². The number of rotatable bonds is 8. The van der Waals surface area contributed by atoms with Gasteiger partial charge in [0.1, 0.15) is 0 Å². The lowest BCUT2D eigenvalue weighted by Crippen LogP contribution is -2.25. The van der Waals surface area contributed by atoms with Gasteiger partial charge in [-0.05, 0) is 71.3 Å². The van der Waals surface area contributed by atoms with Gasteiger partial charge in [0.05, 0.1) is 0 Å². The van der Waals surface area contributed by atoms with E-state index in [9.17, 15) is 0 Å². The van der Waals surface area contributed by atoms with Crippen LogP contribution in [0.4, 0.5) is 0 Å². The minimum Gasteiger partial charge on any atom is -0.316 e. The van der Waals surface area contributed by atoms with E-state index in [0.717, 1.165) is 24.5 Å². The minimum absolute atomic E-state index is 0.543. The molecule has 0 aliphatic heterocycles. The summed E-state index contributed by atoms with van der Waals surface area (Å²) < 4.78 is 0.